The summed E-state index contributed by atoms with van der Waals surface area (Å²) >= 11 is 3.05. The first kappa shape index (κ1) is 14.9. The van der Waals surface area contributed by atoms with Crippen molar-refractivity contribution in [3.05, 3.63) is 40.9 Å². The van der Waals surface area contributed by atoms with Crippen molar-refractivity contribution in [3.63, 3.8) is 0 Å². The molecule has 2 aromatic rings. The quantitative estimate of drug-likeness (QED) is 0.628. The molecule has 0 aliphatic rings. The molecule has 0 aliphatic heterocycles. The normalized spacial score (nSPS) is 10.4. The Bertz CT molecular complexity index is 566. The number of carboxylic acids is 1. The molecule has 1 aromatic heterocycles. The monoisotopic (exact) mass is 309 g/mol. The number of carboxylic acid groups (broad SMARTS) is 1. The Hall–Kier alpha value is -1.53. The number of aliphatic carboxylic acids is 1. The van der Waals surface area contributed by atoms with E-state index in [2.05, 4.69) is 4.98 Å². The molecule has 0 aliphatic carbocycles. The van der Waals surface area contributed by atoms with Crippen LogP contribution < -0.4 is 4.74 Å². The van der Waals surface area contributed by atoms with Crippen molar-refractivity contribution in [3.8, 4) is 5.75 Å². The van der Waals surface area contributed by atoms with E-state index in [1.54, 1.807) is 17.1 Å². The summed E-state index contributed by atoms with van der Waals surface area (Å²) in [5, 5.41) is 10.5. The number of aromatic nitrogens is 1. The SMILES string of the molecule is Cc1ccc(OCCSc2nc(CC(=O)O)cs2)cc1. The van der Waals surface area contributed by atoms with Gasteiger partial charge in [0.25, 0.3) is 0 Å². The summed E-state index contributed by atoms with van der Waals surface area (Å²) in [7, 11) is 0. The van der Waals surface area contributed by atoms with Crippen LogP contribution in [-0.4, -0.2) is 28.4 Å². The molecule has 2 rings (SSSR count). The molecule has 0 fully saturated rings. The van der Waals surface area contributed by atoms with Gasteiger partial charge in [0.2, 0.25) is 0 Å². The first-order valence-electron chi connectivity index (χ1n) is 6.12. The van der Waals surface area contributed by atoms with E-state index in [4.69, 9.17) is 9.84 Å². The second-order valence-corrected chi connectivity index (χ2v) is 6.39. The lowest BCUT2D eigenvalue weighted by Gasteiger charge is -2.05. The van der Waals surface area contributed by atoms with E-state index < -0.39 is 5.97 Å². The molecule has 0 amide bonds. The van der Waals surface area contributed by atoms with Crippen LogP contribution in [0.5, 0.6) is 5.75 Å². The lowest BCUT2D eigenvalue weighted by Crippen LogP contribution is -2.01. The number of aryl methyl sites for hydroxylation is 1. The lowest BCUT2D eigenvalue weighted by atomic mass is 10.2. The zero-order chi connectivity index (χ0) is 14.4. The Kier molecular flexibility index (Phi) is 5.43. The van der Waals surface area contributed by atoms with E-state index in [1.807, 2.05) is 31.2 Å². The van der Waals surface area contributed by atoms with E-state index in [0.29, 0.717) is 12.3 Å². The molecule has 1 heterocycles. The number of hydrogen-bond acceptors (Lipinski definition) is 5. The number of thioether (sulfide) groups is 1. The van der Waals surface area contributed by atoms with Crippen molar-refractivity contribution in [2.75, 3.05) is 12.4 Å². The maximum atomic E-state index is 10.6. The topological polar surface area (TPSA) is 59.4 Å². The number of nitrogens with zero attached hydrogens (tertiary/aromatic N) is 1. The summed E-state index contributed by atoms with van der Waals surface area (Å²) < 4.78 is 6.50. The third-order valence-electron chi connectivity index (χ3n) is 2.46. The van der Waals surface area contributed by atoms with Gasteiger partial charge in [0.1, 0.15) is 10.1 Å². The molecule has 0 atom stereocenters. The highest BCUT2D eigenvalue weighted by atomic mass is 32.2. The van der Waals surface area contributed by atoms with Crippen molar-refractivity contribution in [2.24, 2.45) is 0 Å². The maximum Gasteiger partial charge on any atom is 0.309 e. The standard InChI is InChI=1S/C14H15NO3S2/c1-10-2-4-12(5-3-10)18-6-7-19-14-15-11(9-20-14)8-13(16)17/h2-5,9H,6-8H2,1H3,(H,16,17). The average molecular weight is 309 g/mol. The third kappa shape index (κ3) is 4.86. The highest BCUT2D eigenvalue weighted by Gasteiger charge is 2.06. The van der Waals surface area contributed by atoms with Gasteiger partial charge in [0.05, 0.1) is 18.7 Å². The minimum Gasteiger partial charge on any atom is -0.493 e. The predicted molar refractivity (Wildman–Crippen MR) is 80.9 cm³/mol. The number of carbonyl (C=O) groups is 1. The molecular formula is C14H15NO3S2. The smallest absolute Gasteiger partial charge is 0.309 e. The summed E-state index contributed by atoms with van der Waals surface area (Å²) in [6.45, 7) is 2.64. The maximum absolute atomic E-state index is 10.6. The van der Waals surface area contributed by atoms with Crippen molar-refractivity contribution >= 4 is 29.1 Å². The number of ether oxygens (including phenoxy) is 1. The van der Waals surface area contributed by atoms with Gasteiger partial charge < -0.3 is 9.84 Å². The minimum absolute atomic E-state index is 0.0169. The molecule has 1 N–H and O–H groups in total. The van der Waals surface area contributed by atoms with Gasteiger partial charge >= 0.3 is 5.97 Å². The number of thiazole rings is 1. The molecule has 4 nitrogen and oxygen atoms in total. The summed E-state index contributed by atoms with van der Waals surface area (Å²) in [6.07, 6.45) is -0.0169. The number of hydrogen-bond donors (Lipinski definition) is 1. The largest absolute Gasteiger partial charge is 0.493 e. The molecule has 0 spiro atoms. The molecule has 106 valence electrons. The van der Waals surface area contributed by atoms with Gasteiger partial charge in [0, 0.05) is 11.1 Å². The van der Waals surface area contributed by atoms with E-state index >= 15 is 0 Å². The van der Waals surface area contributed by atoms with Crippen LogP contribution in [0.2, 0.25) is 0 Å². The van der Waals surface area contributed by atoms with Crippen LogP contribution >= 0.6 is 23.1 Å². The van der Waals surface area contributed by atoms with Crippen molar-refractivity contribution in [1.82, 2.24) is 4.98 Å². The zero-order valence-corrected chi connectivity index (χ0v) is 12.7. The van der Waals surface area contributed by atoms with Crippen molar-refractivity contribution in [1.29, 1.82) is 0 Å². The molecule has 0 saturated heterocycles. The molecular weight excluding hydrogens is 294 g/mol. The molecule has 1 aromatic carbocycles. The highest BCUT2D eigenvalue weighted by molar-refractivity contribution is 8.01. The van der Waals surface area contributed by atoms with Crippen LogP contribution in [0.1, 0.15) is 11.3 Å². The van der Waals surface area contributed by atoms with Gasteiger partial charge in [-0.15, -0.1) is 11.3 Å². The zero-order valence-electron chi connectivity index (χ0n) is 11.0. The van der Waals surface area contributed by atoms with E-state index in [-0.39, 0.29) is 6.42 Å². The fourth-order valence-corrected chi connectivity index (χ4v) is 3.25. The Morgan fingerprint density at radius 1 is 1.40 bits per heavy atom. The fourth-order valence-electron chi connectivity index (χ4n) is 1.51. The third-order valence-corrected chi connectivity index (χ3v) is 4.50. The lowest BCUT2D eigenvalue weighted by molar-refractivity contribution is -0.136. The number of benzene rings is 1. The molecule has 20 heavy (non-hydrogen) atoms. The van der Waals surface area contributed by atoms with E-state index in [9.17, 15) is 4.79 Å². The Morgan fingerprint density at radius 3 is 2.85 bits per heavy atom. The van der Waals surface area contributed by atoms with Gasteiger partial charge in [-0.25, -0.2) is 4.98 Å². The molecule has 0 bridgehead atoms. The summed E-state index contributed by atoms with van der Waals surface area (Å²) in [6, 6.07) is 7.94. The molecule has 0 radical (unpaired) electrons. The predicted octanol–water partition coefficient (Wildman–Crippen LogP) is 3.25. The van der Waals surface area contributed by atoms with Gasteiger partial charge in [-0.05, 0) is 19.1 Å². The van der Waals surface area contributed by atoms with Gasteiger partial charge in [-0.3, -0.25) is 4.79 Å². The van der Waals surface area contributed by atoms with Gasteiger partial charge in [-0.2, -0.15) is 0 Å². The summed E-state index contributed by atoms with van der Waals surface area (Å²) in [4.78, 5) is 14.8. The minimum atomic E-state index is -0.852. The van der Waals surface area contributed by atoms with Gasteiger partial charge in [-0.1, -0.05) is 29.5 Å². The second kappa shape index (κ2) is 7.31. The van der Waals surface area contributed by atoms with Crippen molar-refractivity contribution < 1.29 is 14.6 Å². The molecule has 0 unspecified atom stereocenters. The molecule has 6 heteroatoms. The highest BCUT2D eigenvalue weighted by Crippen LogP contribution is 2.23. The molecule has 0 saturated carbocycles. The van der Waals surface area contributed by atoms with Crippen LogP contribution in [-0.2, 0) is 11.2 Å². The second-order valence-electron chi connectivity index (χ2n) is 4.19. The fraction of sp³-hybridized carbons (Fsp3) is 0.286. The average Bonchev–Trinajstić information content (AvgIpc) is 2.83. The Morgan fingerprint density at radius 2 is 2.15 bits per heavy atom. The van der Waals surface area contributed by atoms with Gasteiger partial charge in [0.15, 0.2) is 0 Å². The Balaban J connectivity index is 1.71. The van der Waals surface area contributed by atoms with Crippen LogP contribution in [0.3, 0.4) is 0 Å². The van der Waals surface area contributed by atoms with E-state index in [0.717, 1.165) is 15.8 Å². The van der Waals surface area contributed by atoms with Crippen molar-refractivity contribution in [2.45, 2.75) is 17.7 Å². The van der Waals surface area contributed by atoms with E-state index in [1.165, 1.54) is 16.9 Å². The first-order chi connectivity index (χ1) is 9.63. The van der Waals surface area contributed by atoms with Crippen LogP contribution in [0.25, 0.3) is 0 Å². The number of rotatable bonds is 7. The van der Waals surface area contributed by atoms with Crippen LogP contribution in [0, 0.1) is 6.92 Å². The van der Waals surface area contributed by atoms with Crippen LogP contribution in [0.4, 0.5) is 0 Å². The first-order valence-corrected chi connectivity index (χ1v) is 7.98. The Labute approximate surface area is 125 Å². The summed E-state index contributed by atoms with van der Waals surface area (Å²) in [5.74, 6) is 0.796. The summed E-state index contributed by atoms with van der Waals surface area (Å²) in [5.41, 5.74) is 1.82. The van der Waals surface area contributed by atoms with Crippen LogP contribution in [0.15, 0.2) is 34.0 Å².